The minimum atomic E-state index is 0.982. The van der Waals surface area contributed by atoms with Gasteiger partial charge in [0.25, 0.3) is 0 Å². The Morgan fingerprint density at radius 2 is 0.812 bits per heavy atom. The summed E-state index contributed by atoms with van der Waals surface area (Å²) >= 11 is 0. The zero-order valence-electron chi connectivity index (χ0n) is 26.2. The van der Waals surface area contributed by atoms with Gasteiger partial charge in [-0.25, -0.2) is 0 Å². The lowest BCUT2D eigenvalue weighted by Crippen LogP contribution is -1.93. The van der Waals surface area contributed by atoms with E-state index < -0.39 is 0 Å². The fraction of sp³-hybridized carbons (Fsp3) is 0. The zero-order valence-corrected chi connectivity index (χ0v) is 26.2. The van der Waals surface area contributed by atoms with Crippen LogP contribution < -0.4 is 0 Å². The summed E-state index contributed by atoms with van der Waals surface area (Å²) in [6.07, 6.45) is 2.06. The van der Waals surface area contributed by atoms with Gasteiger partial charge in [0.1, 0.15) is 0 Å². The Bertz CT molecular complexity index is 2820. The highest BCUT2D eigenvalue weighted by Crippen LogP contribution is 2.47. The molecule has 1 heteroatoms. The normalized spacial score (nSPS) is 11.8. The second-order valence-electron chi connectivity index (χ2n) is 12.7. The quantitative estimate of drug-likeness (QED) is 0.144. The average Bonchev–Trinajstić information content (AvgIpc) is 3.16. The van der Waals surface area contributed by atoms with E-state index in [0.29, 0.717) is 0 Å². The molecule has 0 aliphatic rings. The van der Waals surface area contributed by atoms with Crippen molar-refractivity contribution < 1.29 is 0 Å². The van der Waals surface area contributed by atoms with E-state index in [1.807, 2.05) is 0 Å². The van der Waals surface area contributed by atoms with Gasteiger partial charge < -0.3 is 0 Å². The van der Waals surface area contributed by atoms with Crippen molar-refractivity contribution in [2.24, 2.45) is 0 Å². The number of fused-ring (bicyclic) bond motifs is 7. The van der Waals surface area contributed by atoms with E-state index in [4.69, 9.17) is 4.98 Å². The van der Waals surface area contributed by atoms with Crippen LogP contribution in [0.2, 0.25) is 0 Å². The van der Waals surface area contributed by atoms with E-state index in [1.54, 1.807) is 0 Å². The second kappa shape index (κ2) is 10.6. The molecule has 0 aliphatic heterocycles. The first kappa shape index (κ1) is 26.9. The number of pyridine rings is 1. The molecular weight excluding hydrogens is 579 g/mol. The molecule has 0 atom stereocenters. The number of benzene rings is 9. The highest BCUT2D eigenvalue weighted by molar-refractivity contribution is 6.26. The van der Waals surface area contributed by atoms with Crippen LogP contribution in [0, 0.1) is 0 Å². The molecule has 1 heterocycles. The van der Waals surface area contributed by atoms with Crippen molar-refractivity contribution in [3.8, 4) is 33.5 Å². The summed E-state index contributed by atoms with van der Waals surface area (Å²) in [5.41, 5.74) is 7.01. The monoisotopic (exact) mass is 607 g/mol. The molecule has 0 amide bonds. The standard InChI is InChI=1S/C47H29N/c1-2-14-32-27-43-42(26-31(32)13-1)36-18-6-4-15-33(36)28-44(43)47-40-21-9-7-19-38(40)46(39-20-8-10-22-41(39)47)34-24-25-45(48-29-34)37-23-11-16-30-12-3-5-17-35(30)37/h1-29H. The lowest BCUT2D eigenvalue weighted by atomic mass is 9.83. The maximum atomic E-state index is 5.07. The largest absolute Gasteiger partial charge is 0.256 e. The van der Waals surface area contributed by atoms with Gasteiger partial charge in [-0.2, -0.15) is 0 Å². The van der Waals surface area contributed by atoms with E-state index in [-0.39, 0.29) is 0 Å². The Morgan fingerprint density at radius 1 is 0.292 bits per heavy atom. The fourth-order valence-electron chi connectivity index (χ4n) is 7.87. The van der Waals surface area contributed by atoms with Gasteiger partial charge in [0, 0.05) is 17.3 Å². The first-order chi connectivity index (χ1) is 23.8. The fourth-order valence-corrected chi connectivity index (χ4v) is 7.87. The highest BCUT2D eigenvalue weighted by Gasteiger charge is 2.19. The molecule has 10 aromatic rings. The van der Waals surface area contributed by atoms with E-state index in [2.05, 4.69) is 176 Å². The van der Waals surface area contributed by atoms with Crippen molar-refractivity contribution >= 4 is 64.6 Å². The molecule has 1 nitrogen and oxygen atoms in total. The summed E-state index contributed by atoms with van der Waals surface area (Å²) in [5.74, 6) is 0. The van der Waals surface area contributed by atoms with E-state index >= 15 is 0 Å². The van der Waals surface area contributed by atoms with Crippen molar-refractivity contribution in [3.05, 3.63) is 176 Å². The van der Waals surface area contributed by atoms with Crippen LogP contribution in [0.4, 0.5) is 0 Å². The van der Waals surface area contributed by atoms with Crippen LogP contribution >= 0.6 is 0 Å². The van der Waals surface area contributed by atoms with Gasteiger partial charge >= 0.3 is 0 Å². The lowest BCUT2D eigenvalue weighted by molar-refractivity contribution is 1.34. The van der Waals surface area contributed by atoms with Gasteiger partial charge in [0.15, 0.2) is 0 Å². The summed E-state index contributed by atoms with van der Waals surface area (Å²) in [5, 5.41) is 15.0. The van der Waals surface area contributed by atoms with Crippen LogP contribution in [-0.4, -0.2) is 4.98 Å². The molecule has 10 rings (SSSR count). The SMILES string of the molecule is c1ccc2cc3c(cc2c1)c(-c1c2ccccc2c(-c2ccc(-c4cccc5ccccc45)nc2)c2ccccc12)cc1ccccc13. The Hall–Kier alpha value is -6.31. The van der Waals surface area contributed by atoms with Gasteiger partial charge in [-0.05, 0) is 106 Å². The molecule has 0 saturated heterocycles. The lowest BCUT2D eigenvalue weighted by Gasteiger charge is -2.20. The molecular formula is C47H29N. The first-order valence-electron chi connectivity index (χ1n) is 16.5. The minimum absolute atomic E-state index is 0.982. The molecule has 0 spiro atoms. The molecule has 0 fully saturated rings. The van der Waals surface area contributed by atoms with E-state index in [0.717, 1.165) is 16.8 Å². The zero-order chi connectivity index (χ0) is 31.6. The predicted molar refractivity (Wildman–Crippen MR) is 206 cm³/mol. The molecule has 0 unspecified atom stereocenters. The van der Waals surface area contributed by atoms with Crippen molar-refractivity contribution in [2.75, 3.05) is 0 Å². The van der Waals surface area contributed by atoms with Crippen LogP contribution in [0.5, 0.6) is 0 Å². The van der Waals surface area contributed by atoms with Crippen LogP contribution in [0.1, 0.15) is 0 Å². The second-order valence-corrected chi connectivity index (χ2v) is 12.7. The third kappa shape index (κ3) is 4.08. The van der Waals surface area contributed by atoms with Gasteiger partial charge in [0.05, 0.1) is 5.69 Å². The summed E-state index contributed by atoms with van der Waals surface area (Å²) in [6, 6.07) is 61.9. The summed E-state index contributed by atoms with van der Waals surface area (Å²) in [6.45, 7) is 0. The third-order valence-corrected chi connectivity index (χ3v) is 10.0. The highest BCUT2D eigenvalue weighted by atomic mass is 14.7. The van der Waals surface area contributed by atoms with Crippen molar-refractivity contribution in [1.82, 2.24) is 4.98 Å². The molecule has 48 heavy (non-hydrogen) atoms. The van der Waals surface area contributed by atoms with Gasteiger partial charge in [-0.1, -0.05) is 146 Å². The van der Waals surface area contributed by atoms with Gasteiger partial charge in [-0.15, -0.1) is 0 Å². The molecule has 0 N–H and O–H groups in total. The van der Waals surface area contributed by atoms with Crippen molar-refractivity contribution in [2.45, 2.75) is 0 Å². The summed E-state index contributed by atoms with van der Waals surface area (Å²) in [4.78, 5) is 5.07. The Balaban J connectivity index is 1.26. The third-order valence-electron chi connectivity index (χ3n) is 10.0. The molecule has 9 aromatic carbocycles. The number of hydrogen-bond acceptors (Lipinski definition) is 1. The predicted octanol–water partition coefficient (Wildman–Crippen LogP) is 13.0. The molecule has 0 aliphatic carbocycles. The first-order valence-corrected chi connectivity index (χ1v) is 16.5. The Labute approximate surface area is 278 Å². The smallest absolute Gasteiger partial charge is 0.0708 e. The maximum Gasteiger partial charge on any atom is 0.0708 e. The number of nitrogens with zero attached hydrogens (tertiary/aromatic N) is 1. The molecule has 0 radical (unpaired) electrons. The number of hydrogen-bond donors (Lipinski definition) is 0. The van der Waals surface area contributed by atoms with Crippen LogP contribution in [0.25, 0.3) is 98.1 Å². The van der Waals surface area contributed by atoms with E-state index in [9.17, 15) is 0 Å². The minimum Gasteiger partial charge on any atom is -0.256 e. The van der Waals surface area contributed by atoms with Gasteiger partial charge in [-0.3, -0.25) is 4.98 Å². The van der Waals surface area contributed by atoms with Crippen molar-refractivity contribution in [1.29, 1.82) is 0 Å². The van der Waals surface area contributed by atoms with Gasteiger partial charge in [0.2, 0.25) is 0 Å². The van der Waals surface area contributed by atoms with Crippen molar-refractivity contribution in [3.63, 3.8) is 0 Å². The number of aromatic nitrogens is 1. The number of rotatable bonds is 3. The van der Waals surface area contributed by atoms with E-state index in [1.165, 1.54) is 81.3 Å². The van der Waals surface area contributed by atoms with Crippen LogP contribution in [0.3, 0.4) is 0 Å². The Morgan fingerprint density at radius 3 is 1.46 bits per heavy atom. The summed E-state index contributed by atoms with van der Waals surface area (Å²) in [7, 11) is 0. The topological polar surface area (TPSA) is 12.9 Å². The summed E-state index contributed by atoms with van der Waals surface area (Å²) < 4.78 is 0. The molecule has 0 saturated carbocycles. The van der Waals surface area contributed by atoms with Crippen LogP contribution in [0.15, 0.2) is 176 Å². The maximum absolute atomic E-state index is 5.07. The molecule has 222 valence electrons. The average molecular weight is 608 g/mol. The van der Waals surface area contributed by atoms with Crippen LogP contribution in [-0.2, 0) is 0 Å². The molecule has 0 bridgehead atoms. The molecule has 1 aromatic heterocycles. The Kier molecular flexibility index (Phi) is 5.94.